The van der Waals surface area contributed by atoms with Crippen molar-refractivity contribution in [3.63, 3.8) is 0 Å². The fourth-order valence-electron chi connectivity index (χ4n) is 1.78. The number of pyridine rings is 1. The van der Waals surface area contributed by atoms with Crippen molar-refractivity contribution in [2.24, 2.45) is 7.05 Å². The Kier molecular flexibility index (Phi) is 2.30. The molecule has 0 spiro atoms. The smallest absolute Gasteiger partial charge is 0.157 e. The summed E-state index contributed by atoms with van der Waals surface area (Å²) in [7, 11) is 1.87. The van der Waals surface area contributed by atoms with Crippen LogP contribution in [0.1, 0.15) is 36.8 Å². The molecule has 0 radical (unpaired) electrons. The standard InChI is InChI=1S/C12H15N3O/c1-12(2,3)10-9-5-8(7-16)6-13-11(9)15(4)14-10/h5-7H,1-4H3. The van der Waals surface area contributed by atoms with Crippen molar-refractivity contribution in [2.75, 3.05) is 0 Å². The van der Waals surface area contributed by atoms with E-state index in [0.29, 0.717) is 5.56 Å². The minimum absolute atomic E-state index is 0.0529. The molecule has 0 atom stereocenters. The fourth-order valence-corrected chi connectivity index (χ4v) is 1.78. The van der Waals surface area contributed by atoms with E-state index in [9.17, 15) is 4.79 Å². The van der Waals surface area contributed by atoms with E-state index in [0.717, 1.165) is 23.0 Å². The quantitative estimate of drug-likeness (QED) is 0.687. The van der Waals surface area contributed by atoms with Gasteiger partial charge in [-0.3, -0.25) is 9.48 Å². The Morgan fingerprint density at radius 3 is 2.62 bits per heavy atom. The van der Waals surface area contributed by atoms with Crippen LogP contribution in [0.25, 0.3) is 11.0 Å². The zero-order valence-corrected chi connectivity index (χ0v) is 9.98. The molecular weight excluding hydrogens is 202 g/mol. The van der Waals surface area contributed by atoms with E-state index >= 15 is 0 Å². The van der Waals surface area contributed by atoms with E-state index in [2.05, 4.69) is 30.9 Å². The third kappa shape index (κ3) is 1.60. The van der Waals surface area contributed by atoms with E-state index in [1.165, 1.54) is 0 Å². The van der Waals surface area contributed by atoms with E-state index in [-0.39, 0.29) is 5.41 Å². The van der Waals surface area contributed by atoms with Gasteiger partial charge in [0.25, 0.3) is 0 Å². The van der Waals surface area contributed by atoms with Crippen LogP contribution in [-0.4, -0.2) is 21.1 Å². The van der Waals surface area contributed by atoms with Gasteiger partial charge in [0, 0.05) is 29.6 Å². The maximum absolute atomic E-state index is 10.8. The zero-order valence-electron chi connectivity index (χ0n) is 9.98. The van der Waals surface area contributed by atoms with Crippen molar-refractivity contribution in [3.05, 3.63) is 23.5 Å². The third-order valence-corrected chi connectivity index (χ3v) is 2.55. The van der Waals surface area contributed by atoms with Crippen molar-refractivity contribution in [3.8, 4) is 0 Å². The Bertz CT molecular complexity index is 549. The lowest BCUT2D eigenvalue weighted by Gasteiger charge is -2.15. The summed E-state index contributed by atoms with van der Waals surface area (Å²) in [6, 6.07) is 1.85. The highest BCUT2D eigenvalue weighted by Gasteiger charge is 2.22. The Morgan fingerprint density at radius 2 is 2.06 bits per heavy atom. The van der Waals surface area contributed by atoms with Gasteiger partial charge in [-0.25, -0.2) is 4.98 Å². The first kappa shape index (κ1) is 10.8. The van der Waals surface area contributed by atoms with Crippen molar-refractivity contribution in [1.82, 2.24) is 14.8 Å². The SMILES string of the molecule is Cn1nc(C(C)(C)C)c2cc(C=O)cnc21. The normalized spacial score (nSPS) is 12.0. The summed E-state index contributed by atoms with van der Waals surface area (Å²) in [5.74, 6) is 0. The van der Waals surface area contributed by atoms with Crippen LogP contribution in [-0.2, 0) is 12.5 Å². The molecule has 0 aliphatic carbocycles. The largest absolute Gasteiger partial charge is 0.298 e. The van der Waals surface area contributed by atoms with Crippen LogP contribution in [0, 0.1) is 0 Å². The predicted octanol–water partition coefficient (Wildman–Crippen LogP) is 2.08. The first-order chi connectivity index (χ1) is 7.43. The second-order valence-corrected chi connectivity index (χ2v) is 4.98. The Balaban J connectivity index is 2.80. The summed E-state index contributed by atoms with van der Waals surface area (Å²) in [6.45, 7) is 6.30. The molecule has 16 heavy (non-hydrogen) atoms. The number of nitrogens with zero attached hydrogens (tertiary/aromatic N) is 3. The lowest BCUT2D eigenvalue weighted by Crippen LogP contribution is -2.12. The average Bonchev–Trinajstić information content (AvgIpc) is 2.55. The molecule has 0 fully saturated rings. The molecule has 0 saturated carbocycles. The van der Waals surface area contributed by atoms with Crippen molar-refractivity contribution in [2.45, 2.75) is 26.2 Å². The molecular formula is C12H15N3O. The first-order valence-corrected chi connectivity index (χ1v) is 5.22. The molecule has 4 heteroatoms. The molecule has 2 aromatic rings. The van der Waals surface area contributed by atoms with Crippen LogP contribution in [0.15, 0.2) is 12.3 Å². The number of aryl methyl sites for hydroxylation is 1. The molecule has 0 N–H and O–H groups in total. The van der Waals surface area contributed by atoms with Crippen molar-refractivity contribution >= 4 is 17.3 Å². The van der Waals surface area contributed by atoms with Crippen LogP contribution >= 0.6 is 0 Å². The van der Waals surface area contributed by atoms with Crippen LogP contribution in [0.5, 0.6) is 0 Å². The number of carbonyl (C=O) groups excluding carboxylic acids is 1. The topological polar surface area (TPSA) is 47.8 Å². The molecule has 84 valence electrons. The number of aromatic nitrogens is 3. The minimum atomic E-state index is -0.0529. The van der Waals surface area contributed by atoms with Crippen LogP contribution in [0.4, 0.5) is 0 Å². The monoisotopic (exact) mass is 217 g/mol. The lowest BCUT2D eigenvalue weighted by atomic mass is 9.90. The van der Waals surface area contributed by atoms with Gasteiger partial charge >= 0.3 is 0 Å². The molecule has 0 amide bonds. The van der Waals surface area contributed by atoms with Crippen molar-refractivity contribution < 1.29 is 4.79 Å². The van der Waals surface area contributed by atoms with Gasteiger partial charge in [0.05, 0.1) is 5.69 Å². The van der Waals surface area contributed by atoms with E-state index < -0.39 is 0 Å². The van der Waals surface area contributed by atoms with E-state index in [1.807, 2.05) is 13.1 Å². The molecule has 0 aliphatic rings. The molecule has 2 aromatic heterocycles. The predicted molar refractivity (Wildman–Crippen MR) is 62.6 cm³/mol. The third-order valence-electron chi connectivity index (χ3n) is 2.55. The number of carbonyl (C=O) groups is 1. The van der Waals surface area contributed by atoms with E-state index in [4.69, 9.17) is 0 Å². The second kappa shape index (κ2) is 3.40. The van der Waals surface area contributed by atoms with Gasteiger partial charge in [-0.05, 0) is 6.07 Å². The van der Waals surface area contributed by atoms with Gasteiger partial charge < -0.3 is 0 Å². The molecule has 4 nitrogen and oxygen atoms in total. The number of hydrogen-bond donors (Lipinski definition) is 0. The molecule has 0 unspecified atom stereocenters. The minimum Gasteiger partial charge on any atom is -0.298 e. The average molecular weight is 217 g/mol. The van der Waals surface area contributed by atoms with Crippen LogP contribution in [0.2, 0.25) is 0 Å². The summed E-state index contributed by atoms with van der Waals surface area (Å²) in [4.78, 5) is 15.0. The molecule has 2 rings (SSSR count). The van der Waals surface area contributed by atoms with Gasteiger partial charge in [-0.2, -0.15) is 5.10 Å². The number of aldehydes is 1. The van der Waals surface area contributed by atoms with E-state index in [1.54, 1.807) is 10.9 Å². The summed E-state index contributed by atoms with van der Waals surface area (Å²) in [6.07, 6.45) is 2.38. The Hall–Kier alpha value is -1.71. The van der Waals surface area contributed by atoms with Crippen LogP contribution < -0.4 is 0 Å². The Labute approximate surface area is 94.3 Å². The summed E-state index contributed by atoms with van der Waals surface area (Å²) >= 11 is 0. The van der Waals surface area contributed by atoms with Gasteiger partial charge in [0.15, 0.2) is 11.9 Å². The summed E-state index contributed by atoms with van der Waals surface area (Å²) < 4.78 is 1.75. The van der Waals surface area contributed by atoms with Gasteiger partial charge in [0.1, 0.15) is 0 Å². The maximum atomic E-state index is 10.8. The lowest BCUT2D eigenvalue weighted by molar-refractivity contribution is 0.112. The summed E-state index contributed by atoms with van der Waals surface area (Å²) in [5.41, 5.74) is 2.32. The molecule has 2 heterocycles. The summed E-state index contributed by atoms with van der Waals surface area (Å²) in [5, 5.41) is 5.43. The number of hydrogen-bond acceptors (Lipinski definition) is 3. The molecule has 0 aromatic carbocycles. The highest BCUT2D eigenvalue weighted by atomic mass is 16.1. The van der Waals surface area contributed by atoms with Gasteiger partial charge in [-0.15, -0.1) is 0 Å². The maximum Gasteiger partial charge on any atom is 0.157 e. The molecule has 0 bridgehead atoms. The van der Waals surface area contributed by atoms with Gasteiger partial charge in [0.2, 0.25) is 0 Å². The highest BCUT2D eigenvalue weighted by molar-refractivity contribution is 5.86. The Morgan fingerprint density at radius 1 is 1.38 bits per heavy atom. The van der Waals surface area contributed by atoms with Crippen LogP contribution in [0.3, 0.4) is 0 Å². The molecule has 0 aliphatic heterocycles. The second-order valence-electron chi connectivity index (χ2n) is 4.98. The fraction of sp³-hybridized carbons (Fsp3) is 0.417. The number of fused-ring (bicyclic) bond motifs is 1. The highest BCUT2D eigenvalue weighted by Crippen LogP contribution is 2.28. The van der Waals surface area contributed by atoms with Gasteiger partial charge in [-0.1, -0.05) is 20.8 Å². The molecule has 0 saturated heterocycles. The first-order valence-electron chi connectivity index (χ1n) is 5.22. The van der Waals surface area contributed by atoms with Crippen molar-refractivity contribution in [1.29, 1.82) is 0 Å². The zero-order chi connectivity index (χ0) is 11.9. The number of rotatable bonds is 1.